The average molecular weight is 289 g/mol. The largest absolute Gasteiger partial charge is 0.383 e. The van der Waals surface area contributed by atoms with Crippen molar-refractivity contribution in [3.05, 3.63) is 58.1 Å². The van der Waals surface area contributed by atoms with Crippen LogP contribution in [0.15, 0.2) is 36.4 Å². The van der Waals surface area contributed by atoms with Crippen LogP contribution in [0.2, 0.25) is 5.02 Å². The van der Waals surface area contributed by atoms with Gasteiger partial charge in [-0.3, -0.25) is 0 Å². The van der Waals surface area contributed by atoms with E-state index in [1.54, 1.807) is 0 Å². The highest BCUT2D eigenvalue weighted by molar-refractivity contribution is 6.31. The summed E-state index contributed by atoms with van der Waals surface area (Å²) in [6.45, 7) is 7.96. The van der Waals surface area contributed by atoms with Gasteiger partial charge in [0.25, 0.3) is 0 Å². The third-order valence-corrected chi connectivity index (χ3v) is 3.58. The normalized spacial score (nSPS) is 10.4. The van der Waals surface area contributed by atoms with Crippen molar-refractivity contribution in [1.82, 2.24) is 0 Å². The molecule has 20 heavy (non-hydrogen) atoms. The molecule has 0 aromatic heterocycles. The molecule has 2 rings (SSSR count). The fraction of sp³-hybridized carbons (Fsp3) is 0.294. The molecule has 0 bridgehead atoms. The summed E-state index contributed by atoms with van der Waals surface area (Å²) >= 11 is 6.10. The molecule has 0 radical (unpaired) electrons. The van der Waals surface area contributed by atoms with E-state index in [1.165, 1.54) is 16.8 Å². The van der Waals surface area contributed by atoms with Gasteiger partial charge in [-0.2, -0.15) is 0 Å². The minimum absolute atomic E-state index is 0.803. The first kappa shape index (κ1) is 14.7. The average Bonchev–Trinajstić information content (AvgIpc) is 2.38. The molecular formula is C17H21ClN2. The van der Waals surface area contributed by atoms with E-state index < -0.39 is 0 Å². The zero-order chi connectivity index (χ0) is 14.5. The topological polar surface area (TPSA) is 24.1 Å². The quantitative estimate of drug-likeness (QED) is 0.773. The number of rotatable bonds is 5. The highest BCUT2D eigenvalue weighted by Crippen LogP contribution is 2.19. The molecule has 0 aliphatic carbocycles. The number of anilines is 2. The summed E-state index contributed by atoms with van der Waals surface area (Å²) < 4.78 is 0. The van der Waals surface area contributed by atoms with E-state index in [9.17, 15) is 0 Å². The molecule has 106 valence electrons. The smallest absolute Gasteiger partial charge is 0.0455 e. The van der Waals surface area contributed by atoms with Gasteiger partial charge in [0.15, 0.2) is 0 Å². The van der Waals surface area contributed by atoms with Crippen molar-refractivity contribution in [2.75, 3.05) is 23.7 Å². The van der Waals surface area contributed by atoms with Crippen molar-refractivity contribution in [1.29, 1.82) is 0 Å². The number of hydrogen-bond acceptors (Lipinski definition) is 2. The maximum absolute atomic E-state index is 6.10. The van der Waals surface area contributed by atoms with Crippen LogP contribution in [0.1, 0.15) is 16.7 Å². The first-order chi connectivity index (χ1) is 9.54. The van der Waals surface area contributed by atoms with Crippen LogP contribution in [0.4, 0.5) is 11.4 Å². The maximum Gasteiger partial charge on any atom is 0.0455 e. The molecule has 0 saturated heterocycles. The zero-order valence-corrected chi connectivity index (χ0v) is 13.0. The van der Waals surface area contributed by atoms with Gasteiger partial charge < -0.3 is 10.6 Å². The predicted octanol–water partition coefficient (Wildman–Crippen LogP) is 4.79. The van der Waals surface area contributed by atoms with E-state index >= 15 is 0 Å². The lowest BCUT2D eigenvalue weighted by Gasteiger charge is -2.11. The Kier molecular flexibility index (Phi) is 4.91. The lowest BCUT2D eigenvalue weighted by molar-refractivity contribution is 1.08. The van der Waals surface area contributed by atoms with Crippen molar-refractivity contribution in [3.8, 4) is 0 Å². The van der Waals surface area contributed by atoms with Crippen molar-refractivity contribution in [3.63, 3.8) is 0 Å². The van der Waals surface area contributed by atoms with Crippen LogP contribution in [-0.4, -0.2) is 13.1 Å². The molecule has 0 aliphatic heterocycles. The lowest BCUT2D eigenvalue weighted by atomic mass is 10.1. The second-order valence-electron chi connectivity index (χ2n) is 5.19. The molecule has 2 nitrogen and oxygen atoms in total. The second kappa shape index (κ2) is 6.67. The van der Waals surface area contributed by atoms with E-state index in [0.29, 0.717) is 0 Å². The van der Waals surface area contributed by atoms with Crippen LogP contribution >= 0.6 is 11.6 Å². The van der Waals surface area contributed by atoms with Gasteiger partial charge in [0.05, 0.1) is 0 Å². The van der Waals surface area contributed by atoms with Crippen LogP contribution < -0.4 is 10.6 Å². The van der Waals surface area contributed by atoms with Gasteiger partial charge in [-0.25, -0.2) is 0 Å². The Balaban J connectivity index is 1.82. The summed E-state index contributed by atoms with van der Waals surface area (Å²) in [5, 5.41) is 7.60. The Hall–Kier alpha value is -1.67. The van der Waals surface area contributed by atoms with E-state index in [2.05, 4.69) is 48.7 Å². The number of aryl methyl sites for hydroxylation is 3. The van der Waals surface area contributed by atoms with Gasteiger partial charge in [0.1, 0.15) is 0 Å². The summed E-state index contributed by atoms with van der Waals surface area (Å²) in [5.41, 5.74) is 5.90. The molecule has 2 N–H and O–H groups in total. The fourth-order valence-corrected chi connectivity index (χ4v) is 2.37. The van der Waals surface area contributed by atoms with E-state index in [4.69, 9.17) is 11.6 Å². The first-order valence-electron chi connectivity index (χ1n) is 6.87. The third-order valence-electron chi connectivity index (χ3n) is 3.18. The second-order valence-corrected chi connectivity index (χ2v) is 5.60. The van der Waals surface area contributed by atoms with Crippen LogP contribution in [0.25, 0.3) is 0 Å². The molecule has 0 atom stereocenters. The van der Waals surface area contributed by atoms with E-state index in [-0.39, 0.29) is 0 Å². The van der Waals surface area contributed by atoms with Crippen molar-refractivity contribution in [2.24, 2.45) is 0 Å². The Morgan fingerprint density at radius 3 is 2.00 bits per heavy atom. The number of hydrogen-bond donors (Lipinski definition) is 2. The van der Waals surface area contributed by atoms with Crippen LogP contribution in [0.5, 0.6) is 0 Å². The molecule has 0 amide bonds. The number of nitrogens with one attached hydrogen (secondary N) is 2. The minimum atomic E-state index is 0.803. The highest BCUT2D eigenvalue weighted by atomic mass is 35.5. The van der Waals surface area contributed by atoms with Gasteiger partial charge >= 0.3 is 0 Å². The zero-order valence-electron chi connectivity index (χ0n) is 12.3. The fourth-order valence-electron chi connectivity index (χ4n) is 2.19. The van der Waals surface area contributed by atoms with Crippen molar-refractivity contribution >= 4 is 23.0 Å². The van der Waals surface area contributed by atoms with E-state index in [0.717, 1.165) is 29.4 Å². The molecule has 0 aliphatic rings. The monoisotopic (exact) mass is 288 g/mol. The molecule has 0 saturated carbocycles. The summed E-state index contributed by atoms with van der Waals surface area (Å²) in [4.78, 5) is 0. The van der Waals surface area contributed by atoms with Gasteiger partial charge in [-0.1, -0.05) is 23.7 Å². The van der Waals surface area contributed by atoms with Gasteiger partial charge in [-0.05, 0) is 61.7 Å². The van der Waals surface area contributed by atoms with Gasteiger partial charge in [0.2, 0.25) is 0 Å². The highest BCUT2D eigenvalue weighted by Gasteiger charge is 1.98. The molecule has 2 aromatic carbocycles. The lowest BCUT2D eigenvalue weighted by Crippen LogP contribution is -2.13. The Bertz CT molecular complexity index is 573. The van der Waals surface area contributed by atoms with Crippen LogP contribution in [-0.2, 0) is 0 Å². The first-order valence-corrected chi connectivity index (χ1v) is 7.24. The molecule has 3 heteroatoms. The SMILES string of the molecule is Cc1cc(C)cc(NCCNc2ccc(C)c(Cl)c2)c1. The maximum atomic E-state index is 6.10. The van der Waals surface area contributed by atoms with Crippen molar-refractivity contribution < 1.29 is 0 Å². The van der Waals surface area contributed by atoms with Gasteiger partial charge in [-0.15, -0.1) is 0 Å². The summed E-state index contributed by atoms with van der Waals surface area (Å²) in [6, 6.07) is 12.6. The summed E-state index contributed by atoms with van der Waals surface area (Å²) in [7, 11) is 0. The molecular weight excluding hydrogens is 268 g/mol. The Morgan fingerprint density at radius 1 is 0.800 bits per heavy atom. The summed E-state index contributed by atoms with van der Waals surface area (Å²) in [5.74, 6) is 0. The number of halogens is 1. The standard InChI is InChI=1S/C17H21ClN2/c1-12-8-13(2)10-16(9-12)20-7-6-19-15-5-4-14(3)17(18)11-15/h4-5,8-11,19-20H,6-7H2,1-3H3. The summed E-state index contributed by atoms with van der Waals surface area (Å²) in [6.07, 6.45) is 0. The van der Waals surface area contributed by atoms with Crippen LogP contribution in [0.3, 0.4) is 0 Å². The Morgan fingerprint density at radius 2 is 1.40 bits per heavy atom. The van der Waals surface area contributed by atoms with Crippen molar-refractivity contribution in [2.45, 2.75) is 20.8 Å². The third kappa shape index (κ3) is 4.17. The molecule has 2 aromatic rings. The van der Waals surface area contributed by atoms with E-state index in [1.807, 2.05) is 19.1 Å². The molecule has 0 unspecified atom stereocenters. The Labute approximate surface area is 126 Å². The minimum Gasteiger partial charge on any atom is -0.383 e. The molecule has 0 heterocycles. The molecule has 0 spiro atoms. The molecule has 0 fully saturated rings. The van der Waals surface area contributed by atoms with Crippen LogP contribution in [0, 0.1) is 20.8 Å². The van der Waals surface area contributed by atoms with Gasteiger partial charge in [0, 0.05) is 29.5 Å². The number of benzene rings is 2. The predicted molar refractivity (Wildman–Crippen MR) is 89.1 cm³/mol.